The van der Waals surface area contributed by atoms with Gasteiger partial charge in [-0.1, -0.05) is 26.8 Å². The first-order valence-electron chi connectivity index (χ1n) is 7.47. The molecule has 1 aromatic carbocycles. The molecule has 0 aliphatic rings. The monoisotopic (exact) mass is 328 g/mol. The van der Waals surface area contributed by atoms with Crippen LogP contribution in [0.4, 0.5) is 4.39 Å². The lowest BCUT2D eigenvalue weighted by Gasteiger charge is -2.13. The van der Waals surface area contributed by atoms with Crippen molar-refractivity contribution in [3.8, 4) is 11.6 Å². The normalized spacial score (nSPS) is 11.5. The molecule has 0 aliphatic heterocycles. The van der Waals surface area contributed by atoms with Gasteiger partial charge in [-0.05, 0) is 30.3 Å². The summed E-state index contributed by atoms with van der Waals surface area (Å²) in [4.78, 5) is 12.2. The molecule has 2 aromatic heterocycles. The van der Waals surface area contributed by atoms with E-state index in [0.717, 1.165) is 0 Å². The number of hydrogen-bond donors (Lipinski definition) is 0. The van der Waals surface area contributed by atoms with Crippen LogP contribution < -0.4 is 4.74 Å². The number of hydrogen-bond acceptors (Lipinski definition) is 4. The molecule has 0 saturated heterocycles. The molecule has 5 nitrogen and oxygen atoms in total. The minimum atomic E-state index is -0.641. The van der Waals surface area contributed by atoms with Gasteiger partial charge in [0, 0.05) is 11.5 Å². The standard InChI is InChI=1S/C18H17FN2O3/c1-18(2,3)15-11-16(24-17(22)14-8-5-9-23-14)21(20-15)13-7-4-6-12(19)10-13/h4-11H,1-3H3. The molecular weight excluding hydrogens is 311 g/mol. The summed E-state index contributed by atoms with van der Waals surface area (Å²) < 4.78 is 25.4. The lowest BCUT2D eigenvalue weighted by molar-refractivity contribution is 0.0689. The number of furan rings is 1. The Morgan fingerprint density at radius 1 is 1.21 bits per heavy atom. The van der Waals surface area contributed by atoms with Gasteiger partial charge in [-0.2, -0.15) is 5.10 Å². The Balaban J connectivity index is 2.03. The molecule has 0 atom stereocenters. The lowest BCUT2D eigenvalue weighted by Crippen LogP contribution is -2.13. The second kappa shape index (κ2) is 5.96. The van der Waals surface area contributed by atoms with Gasteiger partial charge >= 0.3 is 5.97 Å². The van der Waals surface area contributed by atoms with Crippen LogP contribution in [0.5, 0.6) is 5.88 Å². The molecule has 3 rings (SSSR count). The van der Waals surface area contributed by atoms with Crippen LogP contribution in [0.2, 0.25) is 0 Å². The molecule has 0 saturated carbocycles. The van der Waals surface area contributed by atoms with Crippen molar-refractivity contribution in [3.63, 3.8) is 0 Å². The zero-order chi connectivity index (χ0) is 17.3. The van der Waals surface area contributed by atoms with E-state index < -0.39 is 11.8 Å². The average Bonchev–Trinajstić information content (AvgIpc) is 3.16. The van der Waals surface area contributed by atoms with Gasteiger partial charge in [0.15, 0.2) is 0 Å². The van der Waals surface area contributed by atoms with Crippen LogP contribution in [-0.4, -0.2) is 15.7 Å². The Bertz CT molecular complexity index is 861. The highest BCUT2D eigenvalue weighted by molar-refractivity contribution is 5.87. The van der Waals surface area contributed by atoms with Crippen molar-refractivity contribution in [2.24, 2.45) is 0 Å². The van der Waals surface area contributed by atoms with Gasteiger partial charge in [0.1, 0.15) is 5.82 Å². The van der Waals surface area contributed by atoms with E-state index in [4.69, 9.17) is 9.15 Å². The largest absolute Gasteiger partial charge is 0.457 e. The van der Waals surface area contributed by atoms with E-state index in [1.165, 1.54) is 29.1 Å². The minimum absolute atomic E-state index is 0.0827. The lowest BCUT2D eigenvalue weighted by atomic mass is 9.93. The summed E-state index contributed by atoms with van der Waals surface area (Å²) in [5.74, 6) is -0.757. The predicted molar refractivity (Wildman–Crippen MR) is 85.9 cm³/mol. The first-order valence-corrected chi connectivity index (χ1v) is 7.47. The maximum atomic E-state index is 13.5. The first kappa shape index (κ1) is 16.0. The van der Waals surface area contributed by atoms with Crippen molar-refractivity contribution in [1.82, 2.24) is 9.78 Å². The summed E-state index contributed by atoms with van der Waals surface area (Å²) in [7, 11) is 0. The third-order valence-electron chi connectivity index (χ3n) is 3.42. The van der Waals surface area contributed by atoms with E-state index in [-0.39, 0.29) is 17.1 Å². The second-order valence-electron chi connectivity index (χ2n) is 6.38. The zero-order valence-corrected chi connectivity index (χ0v) is 13.6. The molecule has 6 heteroatoms. The SMILES string of the molecule is CC(C)(C)c1cc(OC(=O)c2ccco2)n(-c2cccc(F)c2)n1. The van der Waals surface area contributed by atoms with E-state index >= 15 is 0 Å². The molecule has 0 N–H and O–H groups in total. The van der Waals surface area contributed by atoms with E-state index in [0.29, 0.717) is 11.4 Å². The highest BCUT2D eigenvalue weighted by Crippen LogP contribution is 2.28. The van der Waals surface area contributed by atoms with Gasteiger partial charge in [0.25, 0.3) is 0 Å². The number of halogens is 1. The molecule has 0 amide bonds. The van der Waals surface area contributed by atoms with E-state index in [1.807, 2.05) is 20.8 Å². The fourth-order valence-electron chi connectivity index (χ4n) is 2.14. The third kappa shape index (κ3) is 3.22. The van der Waals surface area contributed by atoms with Crippen molar-refractivity contribution in [2.45, 2.75) is 26.2 Å². The zero-order valence-electron chi connectivity index (χ0n) is 13.6. The molecule has 0 spiro atoms. The van der Waals surface area contributed by atoms with Crippen LogP contribution >= 0.6 is 0 Å². The number of carbonyl (C=O) groups excluding carboxylic acids is 1. The average molecular weight is 328 g/mol. The first-order chi connectivity index (χ1) is 11.3. The second-order valence-corrected chi connectivity index (χ2v) is 6.38. The molecule has 24 heavy (non-hydrogen) atoms. The van der Waals surface area contributed by atoms with Crippen molar-refractivity contribution in [2.75, 3.05) is 0 Å². The number of ether oxygens (including phenoxy) is 1. The maximum Gasteiger partial charge on any atom is 0.380 e. The number of benzene rings is 1. The van der Waals surface area contributed by atoms with Crippen molar-refractivity contribution >= 4 is 5.97 Å². The Morgan fingerprint density at radius 3 is 2.62 bits per heavy atom. The van der Waals surface area contributed by atoms with Gasteiger partial charge < -0.3 is 9.15 Å². The van der Waals surface area contributed by atoms with E-state index in [2.05, 4.69) is 5.10 Å². The molecule has 0 aliphatic carbocycles. The summed E-state index contributed by atoms with van der Waals surface area (Å²) in [5, 5.41) is 4.47. The third-order valence-corrected chi connectivity index (χ3v) is 3.42. The molecule has 0 bridgehead atoms. The van der Waals surface area contributed by atoms with Gasteiger partial charge in [-0.25, -0.2) is 13.9 Å². The van der Waals surface area contributed by atoms with Crippen LogP contribution in [-0.2, 0) is 5.41 Å². The summed E-state index contributed by atoms with van der Waals surface area (Å²) in [6, 6.07) is 10.7. The van der Waals surface area contributed by atoms with Crippen LogP contribution in [0.15, 0.2) is 53.1 Å². The summed E-state index contributed by atoms with van der Waals surface area (Å²) in [5.41, 5.74) is 0.923. The molecular formula is C18H17FN2O3. The van der Waals surface area contributed by atoms with Crippen LogP contribution in [0.1, 0.15) is 37.0 Å². The van der Waals surface area contributed by atoms with E-state index in [1.54, 1.807) is 24.3 Å². The smallest absolute Gasteiger partial charge is 0.380 e. The van der Waals surface area contributed by atoms with Gasteiger partial charge in [0.05, 0.1) is 17.6 Å². The summed E-state index contributed by atoms with van der Waals surface area (Å²) in [6.07, 6.45) is 1.39. The summed E-state index contributed by atoms with van der Waals surface area (Å²) >= 11 is 0. The highest BCUT2D eigenvalue weighted by atomic mass is 19.1. The topological polar surface area (TPSA) is 57.3 Å². The number of esters is 1. The summed E-state index contributed by atoms with van der Waals surface area (Å²) in [6.45, 7) is 5.97. The van der Waals surface area contributed by atoms with Crippen molar-refractivity contribution in [1.29, 1.82) is 0 Å². The molecule has 0 radical (unpaired) electrons. The molecule has 2 heterocycles. The number of carbonyl (C=O) groups is 1. The minimum Gasteiger partial charge on any atom is -0.457 e. The van der Waals surface area contributed by atoms with Gasteiger partial charge in [-0.3, -0.25) is 0 Å². The van der Waals surface area contributed by atoms with E-state index in [9.17, 15) is 9.18 Å². The Hall–Kier alpha value is -2.89. The van der Waals surface area contributed by atoms with Gasteiger partial charge in [0.2, 0.25) is 11.6 Å². The molecule has 124 valence electrons. The molecule has 0 fully saturated rings. The Labute approximate surface area is 138 Å². The quantitative estimate of drug-likeness (QED) is 0.679. The van der Waals surface area contributed by atoms with Crippen LogP contribution in [0.25, 0.3) is 5.69 Å². The number of aromatic nitrogens is 2. The highest BCUT2D eigenvalue weighted by Gasteiger charge is 2.23. The Kier molecular flexibility index (Phi) is 3.97. The fourth-order valence-corrected chi connectivity index (χ4v) is 2.14. The van der Waals surface area contributed by atoms with Gasteiger partial charge in [-0.15, -0.1) is 0 Å². The Morgan fingerprint density at radius 2 is 2.00 bits per heavy atom. The number of nitrogens with zero attached hydrogens (tertiary/aromatic N) is 2. The molecule has 0 unspecified atom stereocenters. The maximum absolute atomic E-state index is 13.5. The van der Waals surface area contributed by atoms with Crippen molar-refractivity contribution in [3.05, 3.63) is 66.0 Å². The van der Waals surface area contributed by atoms with Crippen LogP contribution in [0.3, 0.4) is 0 Å². The predicted octanol–water partition coefficient (Wildman–Crippen LogP) is 4.12. The number of rotatable bonds is 3. The molecule has 3 aromatic rings. The van der Waals surface area contributed by atoms with Crippen LogP contribution in [0, 0.1) is 5.82 Å². The van der Waals surface area contributed by atoms with Crippen molar-refractivity contribution < 1.29 is 18.3 Å². The fraction of sp³-hybridized carbons (Fsp3) is 0.222.